The van der Waals surface area contributed by atoms with Crippen molar-refractivity contribution in [3.8, 4) is 0 Å². The van der Waals surface area contributed by atoms with Crippen LogP contribution in [0.2, 0.25) is 0 Å². The quantitative estimate of drug-likeness (QED) is 0.386. The maximum atomic E-state index is 2.45. The molecule has 0 heterocycles. The summed E-state index contributed by atoms with van der Waals surface area (Å²) in [5.74, 6) is 4.10. The minimum absolute atomic E-state index is 0.491. The molecule has 0 saturated heterocycles. The van der Waals surface area contributed by atoms with Gasteiger partial charge in [-0.25, -0.2) is 0 Å². The van der Waals surface area contributed by atoms with Crippen LogP contribution in [-0.2, 0) is 0 Å². The summed E-state index contributed by atoms with van der Waals surface area (Å²) < 4.78 is 0. The van der Waals surface area contributed by atoms with Crippen LogP contribution in [0.15, 0.2) is 72.8 Å². The summed E-state index contributed by atoms with van der Waals surface area (Å²) in [5, 5.41) is 0. The maximum Gasteiger partial charge on any atom is -0.00493 e. The molecule has 2 saturated carbocycles. The predicted molar refractivity (Wildman–Crippen MR) is 140 cm³/mol. The molecule has 3 aliphatic rings. The molecule has 3 aromatic rings. The SMILES string of the molecule is CC(C)c1cccc(C(C)C)c1/C(=C1\c2ccccc2C2C3CCC(C3)C12)c1ccccc1. The largest absolute Gasteiger partial charge is 0.0622 e. The third-order valence-corrected chi connectivity index (χ3v) is 8.81. The van der Waals surface area contributed by atoms with Gasteiger partial charge in [0.25, 0.3) is 0 Å². The van der Waals surface area contributed by atoms with Gasteiger partial charge in [-0.15, -0.1) is 0 Å². The lowest BCUT2D eigenvalue weighted by atomic mass is 9.74. The molecular formula is C33H36. The lowest BCUT2D eigenvalue weighted by Crippen LogP contribution is -2.17. The van der Waals surface area contributed by atoms with Crippen molar-refractivity contribution >= 4 is 11.1 Å². The second kappa shape index (κ2) is 8.01. The highest BCUT2D eigenvalue weighted by Gasteiger charge is 2.54. The Hall–Kier alpha value is -2.60. The van der Waals surface area contributed by atoms with E-state index in [2.05, 4.69) is 100 Å². The van der Waals surface area contributed by atoms with E-state index in [1.54, 1.807) is 11.1 Å². The molecule has 0 aromatic heterocycles. The van der Waals surface area contributed by atoms with E-state index in [1.165, 1.54) is 52.7 Å². The van der Waals surface area contributed by atoms with Crippen molar-refractivity contribution in [3.05, 3.63) is 106 Å². The Labute approximate surface area is 199 Å². The van der Waals surface area contributed by atoms with Crippen molar-refractivity contribution in [1.29, 1.82) is 0 Å². The number of hydrogen-bond acceptors (Lipinski definition) is 0. The van der Waals surface area contributed by atoms with Gasteiger partial charge < -0.3 is 0 Å². The van der Waals surface area contributed by atoms with E-state index in [4.69, 9.17) is 0 Å². The molecule has 0 amide bonds. The highest BCUT2D eigenvalue weighted by Crippen LogP contribution is 2.66. The standard InChI is InChI=1S/C33H36/c1-20(2)25-15-10-16-26(21(3)4)32(25)30(22-11-6-5-7-12-22)33-28-14-9-8-13-27(28)29-23-17-18-24(19-23)31(29)33/h5-16,20-21,23-24,29,31H,17-19H2,1-4H3/b33-30+. The van der Waals surface area contributed by atoms with Crippen LogP contribution < -0.4 is 0 Å². The van der Waals surface area contributed by atoms with Crippen LogP contribution in [0.4, 0.5) is 0 Å². The van der Waals surface area contributed by atoms with Gasteiger partial charge in [-0.3, -0.25) is 0 Å². The summed E-state index contributed by atoms with van der Waals surface area (Å²) in [6.07, 6.45) is 4.26. The highest BCUT2D eigenvalue weighted by atomic mass is 14.6. The molecule has 2 fully saturated rings. The number of allylic oxidation sites excluding steroid dienone is 1. The van der Waals surface area contributed by atoms with Crippen molar-refractivity contribution in [2.75, 3.05) is 0 Å². The Morgan fingerprint density at radius 1 is 0.667 bits per heavy atom. The summed E-state index contributed by atoms with van der Waals surface area (Å²) in [7, 11) is 0. The van der Waals surface area contributed by atoms with Crippen LogP contribution in [0.3, 0.4) is 0 Å². The van der Waals surface area contributed by atoms with Crippen molar-refractivity contribution in [2.24, 2.45) is 17.8 Å². The van der Waals surface area contributed by atoms with Gasteiger partial charge in [0, 0.05) is 0 Å². The first-order valence-corrected chi connectivity index (χ1v) is 13.1. The molecule has 6 rings (SSSR count). The maximum absolute atomic E-state index is 2.45. The van der Waals surface area contributed by atoms with Crippen molar-refractivity contribution in [1.82, 2.24) is 0 Å². The number of rotatable bonds is 4. The van der Waals surface area contributed by atoms with Crippen LogP contribution >= 0.6 is 0 Å². The summed E-state index contributed by atoms with van der Waals surface area (Å²) in [5.41, 5.74) is 12.2. The zero-order chi connectivity index (χ0) is 22.7. The summed E-state index contributed by atoms with van der Waals surface area (Å²) in [4.78, 5) is 0. The average molecular weight is 433 g/mol. The van der Waals surface area contributed by atoms with Crippen LogP contribution in [-0.4, -0.2) is 0 Å². The van der Waals surface area contributed by atoms with E-state index >= 15 is 0 Å². The molecule has 4 unspecified atom stereocenters. The van der Waals surface area contributed by atoms with Crippen molar-refractivity contribution < 1.29 is 0 Å². The van der Waals surface area contributed by atoms with Crippen LogP contribution in [0.1, 0.15) is 98.1 Å². The zero-order valence-electron chi connectivity index (χ0n) is 20.5. The molecule has 3 aliphatic carbocycles. The Morgan fingerprint density at radius 2 is 1.27 bits per heavy atom. The Balaban J connectivity index is 1.74. The fourth-order valence-electron chi connectivity index (χ4n) is 7.55. The van der Waals surface area contributed by atoms with Crippen molar-refractivity contribution in [2.45, 2.75) is 64.7 Å². The first kappa shape index (κ1) is 21.0. The number of fused-ring (bicyclic) bond motifs is 7. The normalized spacial score (nSPS) is 26.7. The minimum atomic E-state index is 0.491. The van der Waals surface area contributed by atoms with E-state index in [0.29, 0.717) is 17.8 Å². The third kappa shape index (κ3) is 3.17. The Kier molecular flexibility index (Phi) is 5.09. The first-order valence-electron chi connectivity index (χ1n) is 13.1. The third-order valence-electron chi connectivity index (χ3n) is 8.81. The van der Waals surface area contributed by atoms with Crippen LogP contribution in [0.25, 0.3) is 11.1 Å². The Morgan fingerprint density at radius 3 is 1.94 bits per heavy atom. The molecule has 0 spiro atoms. The van der Waals surface area contributed by atoms with E-state index in [1.807, 2.05) is 0 Å². The van der Waals surface area contributed by atoms with Gasteiger partial charge >= 0.3 is 0 Å². The lowest BCUT2D eigenvalue weighted by Gasteiger charge is -2.30. The molecule has 33 heavy (non-hydrogen) atoms. The average Bonchev–Trinajstić information content (AvgIpc) is 3.53. The monoisotopic (exact) mass is 432 g/mol. The molecule has 0 nitrogen and oxygen atoms in total. The fraction of sp³-hybridized carbons (Fsp3) is 0.394. The van der Waals surface area contributed by atoms with Gasteiger partial charge in [0.1, 0.15) is 0 Å². The summed E-state index contributed by atoms with van der Waals surface area (Å²) >= 11 is 0. The van der Waals surface area contributed by atoms with E-state index in [0.717, 1.165) is 17.8 Å². The van der Waals surface area contributed by atoms with Gasteiger partial charge in [0.15, 0.2) is 0 Å². The number of hydrogen-bond donors (Lipinski definition) is 0. The van der Waals surface area contributed by atoms with Gasteiger partial charge in [0.2, 0.25) is 0 Å². The molecule has 4 atom stereocenters. The second-order valence-electron chi connectivity index (χ2n) is 11.2. The lowest BCUT2D eigenvalue weighted by molar-refractivity contribution is 0.365. The smallest absolute Gasteiger partial charge is 0.00493 e. The second-order valence-corrected chi connectivity index (χ2v) is 11.2. The first-order chi connectivity index (χ1) is 16.1. The fourth-order valence-corrected chi connectivity index (χ4v) is 7.55. The molecule has 0 aliphatic heterocycles. The van der Waals surface area contributed by atoms with Gasteiger partial charge in [-0.05, 0) is 99.3 Å². The zero-order valence-corrected chi connectivity index (χ0v) is 20.5. The molecule has 0 N–H and O–H groups in total. The summed E-state index contributed by atoms with van der Waals surface area (Å²) in [6.45, 7) is 9.44. The molecular weight excluding hydrogens is 396 g/mol. The minimum Gasteiger partial charge on any atom is -0.0622 e. The molecule has 3 aromatic carbocycles. The van der Waals surface area contributed by atoms with Gasteiger partial charge in [-0.2, -0.15) is 0 Å². The molecule has 168 valence electrons. The van der Waals surface area contributed by atoms with Crippen LogP contribution in [0, 0.1) is 17.8 Å². The van der Waals surface area contributed by atoms with E-state index in [-0.39, 0.29) is 0 Å². The van der Waals surface area contributed by atoms with Crippen LogP contribution in [0.5, 0.6) is 0 Å². The number of benzene rings is 3. The topological polar surface area (TPSA) is 0 Å². The molecule has 2 bridgehead atoms. The van der Waals surface area contributed by atoms with Gasteiger partial charge in [-0.1, -0.05) is 100 Å². The Bertz CT molecular complexity index is 1180. The van der Waals surface area contributed by atoms with Crippen molar-refractivity contribution in [3.63, 3.8) is 0 Å². The van der Waals surface area contributed by atoms with E-state index < -0.39 is 0 Å². The molecule has 0 heteroatoms. The van der Waals surface area contributed by atoms with Gasteiger partial charge in [0.05, 0.1) is 0 Å². The molecule has 0 radical (unpaired) electrons. The van der Waals surface area contributed by atoms with E-state index in [9.17, 15) is 0 Å². The highest BCUT2D eigenvalue weighted by molar-refractivity contribution is 6.03. The summed E-state index contributed by atoms with van der Waals surface area (Å²) in [6, 6.07) is 27.8. The predicted octanol–water partition coefficient (Wildman–Crippen LogP) is 9.04.